The van der Waals surface area contributed by atoms with Crippen LogP contribution in [-0.4, -0.2) is 50.9 Å². The van der Waals surface area contributed by atoms with Crippen molar-refractivity contribution in [2.45, 2.75) is 55.5 Å². The van der Waals surface area contributed by atoms with Crippen molar-refractivity contribution in [3.8, 4) is 0 Å². The van der Waals surface area contributed by atoms with Crippen LogP contribution >= 0.6 is 11.6 Å². The molecule has 4 rings (SSSR count). The number of nitrogens with one attached hydrogen (secondary N) is 2. The highest BCUT2D eigenvalue weighted by Gasteiger charge is 2.42. The van der Waals surface area contributed by atoms with Gasteiger partial charge in [-0.3, -0.25) is 9.69 Å². The minimum absolute atomic E-state index is 0.106. The largest absolute Gasteiger partial charge is 0.352 e. The van der Waals surface area contributed by atoms with E-state index in [1.54, 1.807) is 12.1 Å². The van der Waals surface area contributed by atoms with E-state index in [2.05, 4.69) is 14.9 Å². The smallest absolute Gasteiger partial charge is 0.240 e. The molecule has 0 atom stereocenters. The molecule has 3 aliphatic rings. The number of sulfonamides is 1. The van der Waals surface area contributed by atoms with E-state index in [1.807, 2.05) is 0 Å². The van der Waals surface area contributed by atoms with Crippen LogP contribution in [0.1, 0.15) is 38.5 Å². The summed E-state index contributed by atoms with van der Waals surface area (Å²) in [5.41, 5.74) is 0. The van der Waals surface area contributed by atoms with E-state index in [0.29, 0.717) is 42.3 Å². The van der Waals surface area contributed by atoms with Crippen molar-refractivity contribution in [2.75, 3.05) is 19.6 Å². The Morgan fingerprint density at radius 2 is 1.61 bits per heavy atom. The number of benzene rings is 1. The van der Waals surface area contributed by atoms with Gasteiger partial charge in [0.1, 0.15) is 0 Å². The van der Waals surface area contributed by atoms with Crippen LogP contribution in [0.2, 0.25) is 5.02 Å². The fourth-order valence-corrected chi connectivity index (χ4v) is 5.51. The highest BCUT2D eigenvalue weighted by Crippen LogP contribution is 2.44. The molecule has 0 spiro atoms. The molecular weight excluding hydrogens is 398 g/mol. The number of carbonyl (C=O) groups excluding carboxylic acids is 1. The molecule has 1 heterocycles. The van der Waals surface area contributed by atoms with Crippen LogP contribution in [0.4, 0.5) is 0 Å². The summed E-state index contributed by atoms with van der Waals surface area (Å²) in [6.45, 7) is 1.85. The summed E-state index contributed by atoms with van der Waals surface area (Å²) in [7, 11) is -3.54. The summed E-state index contributed by atoms with van der Waals surface area (Å²) in [6, 6.07) is 6.46. The molecule has 2 aliphatic carbocycles. The SMILES string of the molecule is O=C(CN1CCC(NS(=O)(=O)c2ccc(Cl)cc2)CC1)NC(C1CC1)C1CC1. The summed E-state index contributed by atoms with van der Waals surface area (Å²) in [6.07, 6.45) is 6.41. The lowest BCUT2D eigenvalue weighted by Gasteiger charge is -2.32. The summed E-state index contributed by atoms with van der Waals surface area (Å²) >= 11 is 5.83. The molecule has 1 aliphatic heterocycles. The van der Waals surface area contributed by atoms with Gasteiger partial charge in [-0.05, 0) is 74.6 Å². The molecule has 0 unspecified atom stereocenters. The molecule has 2 N–H and O–H groups in total. The van der Waals surface area contributed by atoms with Gasteiger partial charge in [0, 0.05) is 30.2 Å². The normalized spacial score (nSPS) is 21.8. The van der Waals surface area contributed by atoms with Crippen LogP contribution in [0.25, 0.3) is 0 Å². The number of likely N-dealkylation sites (tertiary alicyclic amines) is 1. The van der Waals surface area contributed by atoms with Gasteiger partial charge in [0.15, 0.2) is 0 Å². The van der Waals surface area contributed by atoms with Crippen LogP contribution in [-0.2, 0) is 14.8 Å². The third-order valence-electron chi connectivity index (χ3n) is 5.99. The molecule has 1 aromatic carbocycles. The molecule has 1 amide bonds. The van der Waals surface area contributed by atoms with Gasteiger partial charge in [0.2, 0.25) is 15.9 Å². The van der Waals surface area contributed by atoms with Gasteiger partial charge in [0.05, 0.1) is 11.4 Å². The van der Waals surface area contributed by atoms with Crippen LogP contribution < -0.4 is 10.0 Å². The fraction of sp³-hybridized carbons (Fsp3) is 0.650. The average Bonchev–Trinajstić information content (AvgIpc) is 3.55. The van der Waals surface area contributed by atoms with Gasteiger partial charge in [-0.25, -0.2) is 13.1 Å². The Bertz CT molecular complexity index is 786. The Morgan fingerprint density at radius 3 is 2.14 bits per heavy atom. The molecule has 1 aromatic rings. The Balaban J connectivity index is 1.23. The maximum Gasteiger partial charge on any atom is 0.240 e. The molecule has 28 heavy (non-hydrogen) atoms. The maximum absolute atomic E-state index is 12.5. The number of halogens is 1. The quantitative estimate of drug-likeness (QED) is 0.670. The van der Waals surface area contributed by atoms with Gasteiger partial charge in [0.25, 0.3) is 0 Å². The summed E-state index contributed by atoms with van der Waals surface area (Å²) < 4.78 is 27.8. The Labute approximate surface area is 172 Å². The van der Waals surface area contributed by atoms with Crippen molar-refractivity contribution < 1.29 is 13.2 Å². The van der Waals surface area contributed by atoms with Gasteiger partial charge in [-0.15, -0.1) is 0 Å². The van der Waals surface area contributed by atoms with E-state index < -0.39 is 10.0 Å². The van der Waals surface area contributed by atoms with Crippen molar-refractivity contribution in [1.29, 1.82) is 0 Å². The first-order valence-electron chi connectivity index (χ1n) is 10.2. The molecule has 0 aromatic heterocycles. The lowest BCUT2D eigenvalue weighted by Crippen LogP contribution is -2.49. The molecule has 0 bridgehead atoms. The van der Waals surface area contributed by atoms with Crippen LogP contribution in [0.5, 0.6) is 0 Å². The minimum atomic E-state index is -3.54. The Morgan fingerprint density at radius 1 is 1.04 bits per heavy atom. The van der Waals surface area contributed by atoms with Crippen LogP contribution in [0.15, 0.2) is 29.2 Å². The number of carbonyl (C=O) groups is 1. The average molecular weight is 426 g/mol. The highest BCUT2D eigenvalue weighted by molar-refractivity contribution is 7.89. The number of nitrogens with zero attached hydrogens (tertiary/aromatic N) is 1. The molecule has 1 saturated heterocycles. The van der Waals surface area contributed by atoms with E-state index >= 15 is 0 Å². The van der Waals surface area contributed by atoms with Crippen molar-refractivity contribution in [3.63, 3.8) is 0 Å². The summed E-state index contributed by atoms with van der Waals surface area (Å²) in [5.74, 6) is 1.51. The minimum Gasteiger partial charge on any atom is -0.352 e. The third kappa shape index (κ3) is 5.26. The number of rotatable bonds is 8. The maximum atomic E-state index is 12.5. The predicted molar refractivity (Wildman–Crippen MR) is 109 cm³/mol. The first-order chi connectivity index (χ1) is 13.4. The van der Waals surface area contributed by atoms with Crippen LogP contribution in [0.3, 0.4) is 0 Å². The number of hydrogen-bond donors (Lipinski definition) is 2. The van der Waals surface area contributed by atoms with Crippen molar-refractivity contribution in [1.82, 2.24) is 14.9 Å². The van der Waals surface area contributed by atoms with Crippen molar-refractivity contribution in [2.24, 2.45) is 11.8 Å². The second kappa shape index (κ2) is 8.30. The zero-order chi connectivity index (χ0) is 19.7. The first kappa shape index (κ1) is 20.1. The molecule has 3 fully saturated rings. The van der Waals surface area contributed by atoms with Gasteiger partial charge in [-0.1, -0.05) is 11.6 Å². The van der Waals surface area contributed by atoms with E-state index in [9.17, 15) is 13.2 Å². The van der Waals surface area contributed by atoms with Gasteiger partial charge < -0.3 is 5.32 Å². The zero-order valence-corrected chi connectivity index (χ0v) is 17.5. The predicted octanol–water partition coefficient (Wildman–Crippen LogP) is 2.39. The third-order valence-corrected chi connectivity index (χ3v) is 7.78. The lowest BCUT2D eigenvalue weighted by molar-refractivity contribution is -0.123. The second-order valence-corrected chi connectivity index (χ2v) is 10.5. The number of hydrogen-bond acceptors (Lipinski definition) is 4. The van der Waals surface area contributed by atoms with Crippen molar-refractivity contribution in [3.05, 3.63) is 29.3 Å². The Kier molecular flexibility index (Phi) is 5.97. The molecule has 8 heteroatoms. The molecule has 154 valence electrons. The molecular formula is C20H28ClN3O3S. The Hall–Kier alpha value is -1.15. The monoisotopic (exact) mass is 425 g/mol. The number of piperidine rings is 1. The molecule has 0 radical (unpaired) electrons. The fourth-order valence-electron chi connectivity index (χ4n) is 4.08. The topological polar surface area (TPSA) is 78.5 Å². The molecule has 6 nitrogen and oxygen atoms in total. The second-order valence-electron chi connectivity index (χ2n) is 8.39. The zero-order valence-electron chi connectivity index (χ0n) is 15.9. The van der Waals surface area contributed by atoms with E-state index in [4.69, 9.17) is 11.6 Å². The highest BCUT2D eigenvalue weighted by atomic mass is 35.5. The van der Waals surface area contributed by atoms with E-state index in [-0.39, 0.29) is 16.8 Å². The lowest BCUT2D eigenvalue weighted by atomic mass is 10.1. The van der Waals surface area contributed by atoms with Crippen molar-refractivity contribution >= 4 is 27.5 Å². The summed E-state index contributed by atoms with van der Waals surface area (Å²) in [4.78, 5) is 14.8. The van der Waals surface area contributed by atoms with E-state index in [0.717, 1.165) is 13.1 Å². The van der Waals surface area contributed by atoms with Gasteiger partial charge >= 0.3 is 0 Å². The molecule has 2 saturated carbocycles. The van der Waals surface area contributed by atoms with E-state index in [1.165, 1.54) is 37.8 Å². The van der Waals surface area contributed by atoms with Crippen LogP contribution in [0, 0.1) is 11.8 Å². The first-order valence-corrected chi connectivity index (χ1v) is 12.1. The summed E-state index contributed by atoms with van der Waals surface area (Å²) in [5, 5.41) is 3.77. The number of amides is 1. The standard InChI is InChI=1S/C20H28ClN3O3S/c21-16-5-7-18(8-6-16)28(26,27)23-17-9-11-24(12-10-17)13-19(25)22-20(14-1-2-14)15-3-4-15/h5-8,14-15,17,20,23H,1-4,9-13H2,(H,22,25). The van der Waals surface area contributed by atoms with Gasteiger partial charge in [-0.2, -0.15) is 0 Å².